The van der Waals surface area contributed by atoms with Crippen molar-refractivity contribution in [3.63, 3.8) is 0 Å². The van der Waals surface area contributed by atoms with Crippen molar-refractivity contribution >= 4 is 17.4 Å². The lowest BCUT2D eigenvalue weighted by Gasteiger charge is -2.19. The van der Waals surface area contributed by atoms with Gasteiger partial charge >= 0.3 is 0 Å². The van der Waals surface area contributed by atoms with Crippen LogP contribution in [0.5, 0.6) is 5.75 Å². The first-order valence-corrected chi connectivity index (χ1v) is 8.68. The number of halogens is 1. The first-order chi connectivity index (χ1) is 12.6. The Morgan fingerprint density at radius 1 is 1.08 bits per heavy atom. The first kappa shape index (κ1) is 16.6. The third-order valence-corrected chi connectivity index (χ3v) is 4.94. The van der Waals surface area contributed by atoms with Crippen molar-refractivity contribution in [2.45, 2.75) is 18.9 Å². The largest absolute Gasteiger partial charge is 0.481 e. The maximum absolute atomic E-state index is 13.1. The van der Waals surface area contributed by atoms with E-state index in [1.165, 1.54) is 0 Å². The van der Waals surface area contributed by atoms with Gasteiger partial charge in [-0.1, -0.05) is 60.1 Å². The molecule has 4 nitrogen and oxygen atoms in total. The molecule has 3 aromatic rings. The Hall–Kier alpha value is -2.85. The van der Waals surface area contributed by atoms with E-state index in [0.717, 1.165) is 0 Å². The van der Waals surface area contributed by atoms with Gasteiger partial charge in [-0.25, -0.2) is 0 Å². The number of pyridine rings is 1. The molecule has 26 heavy (non-hydrogen) atoms. The predicted octanol–water partition coefficient (Wildman–Crippen LogP) is 4.11. The molecule has 0 fully saturated rings. The zero-order chi connectivity index (χ0) is 18.3. The van der Waals surface area contributed by atoms with E-state index in [1.54, 1.807) is 43.3 Å². The van der Waals surface area contributed by atoms with Gasteiger partial charge in [0, 0.05) is 16.3 Å². The highest BCUT2D eigenvalue weighted by Gasteiger charge is 2.43. The fraction of sp³-hybridized carbons (Fsp3) is 0.143. The maximum Gasteiger partial charge on any atom is 0.255 e. The SMILES string of the molecule is Cc1cc2c(c(=O)[nH]1)C(c1ccccc1Cl)C(C(=O)c1ccccc1)O2. The molecule has 0 saturated carbocycles. The van der Waals surface area contributed by atoms with Crippen LogP contribution in [0.15, 0.2) is 65.5 Å². The van der Waals surface area contributed by atoms with Crippen molar-refractivity contribution in [3.8, 4) is 5.75 Å². The number of rotatable bonds is 3. The van der Waals surface area contributed by atoms with Gasteiger partial charge in [0.15, 0.2) is 6.10 Å². The Morgan fingerprint density at radius 2 is 1.77 bits per heavy atom. The molecule has 2 atom stereocenters. The Kier molecular flexibility index (Phi) is 4.13. The third-order valence-electron chi connectivity index (χ3n) is 4.59. The Labute approximate surface area is 155 Å². The summed E-state index contributed by atoms with van der Waals surface area (Å²) in [6, 6.07) is 17.9. The Balaban J connectivity index is 1.89. The second-order valence-electron chi connectivity index (χ2n) is 6.33. The summed E-state index contributed by atoms with van der Waals surface area (Å²) in [5, 5.41) is 0.500. The number of fused-ring (bicyclic) bond motifs is 1. The monoisotopic (exact) mass is 365 g/mol. The molecule has 5 heteroatoms. The number of H-pyrrole nitrogens is 1. The predicted molar refractivity (Wildman–Crippen MR) is 100 cm³/mol. The van der Waals surface area contributed by atoms with Crippen molar-refractivity contribution in [2.75, 3.05) is 0 Å². The quantitative estimate of drug-likeness (QED) is 0.710. The highest BCUT2D eigenvalue weighted by atomic mass is 35.5. The lowest BCUT2D eigenvalue weighted by Crippen LogP contribution is -2.31. The van der Waals surface area contributed by atoms with Crippen LogP contribution >= 0.6 is 11.6 Å². The van der Waals surface area contributed by atoms with Crippen LogP contribution < -0.4 is 10.3 Å². The average Bonchev–Trinajstić information content (AvgIpc) is 3.01. The van der Waals surface area contributed by atoms with Crippen LogP contribution in [0.1, 0.15) is 33.1 Å². The highest BCUT2D eigenvalue weighted by molar-refractivity contribution is 6.31. The fourth-order valence-corrected chi connectivity index (χ4v) is 3.69. The zero-order valence-corrected chi connectivity index (χ0v) is 14.8. The molecule has 1 aromatic heterocycles. The van der Waals surface area contributed by atoms with Gasteiger partial charge in [0.05, 0.1) is 11.5 Å². The molecule has 1 N–H and O–H groups in total. The molecule has 1 aliphatic rings. The molecule has 2 heterocycles. The number of Topliss-reactive ketones (excluding diaryl/α,β-unsaturated/α-hetero) is 1. The minimum absolute atomic E-state index is 0.177. The second kappa shape index (κ2) is 6.46. The summed E-state index contributed by atoms with van der Waals surface area (Å²) in [5.74, 6) is -0.301. The number of aromatic amines is 1. The Bertz CT molecular complexity index is 1040. The molecule has 1 aliphatic heterocycles. The van der Waals surface area contributed by atoms with Crippen molar-refractivity contribution < 1.29 is 9.53 Å². The van der Waals surface area contributed by atoms with Crippen LogP contribution in [-0.2, 0) is 0 Å². The number of aryl methyl sites for hydroxylation is 1. The topological polar surface area (TPSA) is 59.2 Å². The molecule has 2 unspecified atom stereocenters. The number of carbonyl (C=O) groups excluding carboxylic acids is 1. The van der Waals surface area contributed by atoms with Gasteiger partial charge in [-0.15, -0.1) is 0 Å². The Morgan fingerprint density at radius 3 is 2.50 bits per heavy atom. The molecular weight excluding hydrogens is 350 g/mol. The summed E-state index contributed by atoms with van der Waals surface area (Å²) < 4.78 is 5.98. The summed E-state index contributed by atoms with van der Waals surface area (Å²) in [7, 11) is 0. The standard InChI is InChI=1S/C21H16ClNO3/c1-12-11-16-18(21(25)23-12)17(14-9-5-6-10-15(14)22)20(26-16)19(24)13-7-3-2-4-8-13/h2-11,17,20H,1H3,(H,23,25). The molecule has 0 saturated heterocycles. The van der Waals surface area contributed by atoms with Crippen LogP contribution in [0.4, 0.5) is 0 Å². The third kappa shape index (κ3) is 2.72. The number of ether oxygens (including phenoxy) is 1. The number of benzene rings is 2. The van der Waals surface area contributed by atoms with Gasteiger partial charge in [0.2, 0.25) is 5.78 Å². The summed E-state index contributed by atoms with van der Waals surface area (Å²) in [6.45, 7) is 1.78. The van der Waals surface area contributed by atoms with Gasteiger partial charge in [-0.3, -0.25) is 9.59 Å². The summed E-state index contributed by atoms with van der Waals surface area (Å²) >= 11 is 6.39. The number of ketones is 1. The van der Waals surface area contributed by atoms with E-state index in [2.05, 4.69) is 4.98 Å². The van der Waals surface area contributed by atoms with E-state index in [9.17, 15) is 9.59 Å². The molecule has 0 aliphatic carbocycles. The number of hydrogen-bond acceptors (Lipinski definition) is 3. The highest BCUT2D eigenvalue weighted by Crippen LogP contribution is 2.43. The van der Waals surface area contributed by atoms with Crippen molar-refractivity contribution in [3.05, 3.63) is 98.4 Å². The smallest absolute Gasteiger partial charge is 0.255 e. The van der Waals surface area contributed by atoms with Crippen LogP contribution in [0.25, 0.3) is 0 Å². The fourth-order valence-electron chi connectivity index (χ4n) is 3.43. The van der Waals surface area contributed by atoms with Gasteiger partial charge in [0.1, 0.15) is 5.75 Å². The normalized spacial score (nSPS) is 18.2. The van der Waals surface area contributed by atoms with Crippen molar-refractivity contribution in [2.24, 2.45) is 0 Å². The van der Waals surface area contributed by atoms with E-state index in [-0.39, 0.29) is 11.3 Å². The lowest BCUT2D eigenvalue weighted by atomic mass is 9.85. The van der Waals surface area contributed by atoms with Crippen molar-refractivity contribution in [1.29, 1.82) is 0 Å². The summed E-state index contributed by atoms with van der Waals surface area (Å²) in [6.07, 6.45) is -0.838. The van der Waals surface area contributed by atoms with E-state index < -0.39 is 12.0 Å². The van der Waals surface area contributed by atoms with E-state index >= 15 is 0 Å². The molecule has 0 spiro atoms. The van der Waals surface area contributed by atoms with Crippen LogP contribution in [0, 0.1) is 6.92 Å². The van der Waals surface area contributed by atoms with E-state index in [1.807, 2.05) is 24.3 Å². The minimum Gasteiger partial charge on any atom is -0.481 e. The van der Waals surface area contributed by atoms with Crippen molar-refractivity contribution in [1.82, 2.24) is 4.98 Å². The molecule has 0 bridgehead atoms. The molecule has 0 radical (unpaired) electrons. The number of carbonyl (C=O) groups is 1. The van der Waals surface area contributed by atoms with Crippen LogP contribution in [-0.4, -0.2) is 16.9 Å². The van der Waals surface area contributed by atoms with Gasteiger partial charge in [-0.2, -0.15) is 0 Å². The zero-order valence-electron chi connectivity index (χ0n) is 14.0. The maximum atomic E-state index is 13.1. The number of hydrogen-bond donors (Lipinski definition) is 1. The molecular formula is C21H16ClNO3. The average molecular weight is 366 g/mol. The first-order valence-electron chi connectivity index (χ1n) is 8.30. The van der Waals surface area contributed by atoms with E-state index in [0.29, 0.717) is 33.2 Å². The summed E-state index contributed by atoms with van der Waals surface area (Å²) in [4.78, 5) is 28.6. The lowest BCUT2D eigenvalue weighted by molar-refractivity contribution is 0.0806. The minimum atomic E-state index is -0.838. The number of nitrogens with one attached hydrogen (secondary N) is 1. The molecule has 2 aromatic carbocycles. The van der Waals surface area contributed by atoms with Gasteiger partial charge in [-0.05, 0) is 24.6 Å². The molecule has 130 valence electrons. The van der Waals surface area contributed by atoms with Gasteiger partial charge in [0.25, 0.3) is 5.56 Å². The van der Waals surface area contributed by atoms with Crippen LogP contribution in [0.2, 0.25) is 5.02 Å². The summed E-state index contributed by atoms with van der Waals surface area (Å²) in [5.41, 5.74) is 2.11. The second-order valence-corrected chi connectivity index (χ2v) is 6.73. The van der Waals surface area contributed by atoms with E-state index in [4.69, 9.17) is 16.3 Å². The van der Waals surface area contributed by atoms with Gasteiger partial charge < -0.3 is 9.72 Å². The number of aromatic nitrogens is 1. The molecule has 4 rings (SSSR count). The molecule has 0 amide bonds. The van der Waals surface area contributed by atoms with Crippen LogP contribution in [0.3, 0.4) is 0 Å².